The Morgan fingerprint density at radius 2 is 0.358 bits per heavy atom. The molecule has 0 aromatic heterocycles. The van der Waals surface area contributed by atoms with Crippen molar-refractivity contribution < 1.29 is 0 Å². The highest BCUT2D eigenvalue weighted by Crippen LogP contribution is 2.25. The molecule has 0 aliphatic rings. The van der Waals surface area contributed by atoms with Crippen LogP contribution in [0.25, 0.3) is 0 Å². The van der Waals surface area contributed by atoms with Gasteiger partial charge in [0.1, 0.15) is 0 Å². The Hall–Kier alpha value is 0. The second-order valence-corrected chi connectivity index (χ2v) is 18.3. The van der Waals surface area contributed by atoms with Gasteiger partial charge in [0.15, 0.2) is 0 Å². The van der Waals surface area contributed by atoms with Crippen LogP contribution in [0.4, 0.5) is 0 Å². The van der Waals surface area contributed by atoms with Crippen molar-refractivity contribution in [1.82, 2.24) is 0 Å². The second kappa shape index (κ2) is 50.0. The lowest BCUT2D eigenvalue weighted by Gasteiger charge is -2.17. The molecule has 53 heavy (non-hydrogen) atoms. The molecule has 0 nitrogen and oxygen atoms in total. The maximum absolute atomic E-state index is 4.07. The zero-order chi connectivity index (χ0) is 38.2. The third-order valence-electron chi connectivity index (χ3n) is 12.8. The lowest BCUT2D eigenvalue weighted by Crippen LogP contribution is -2.01. The standard InChI is InChI=1S/C53H107/c1-4-7-10-13-15-17-19-21-23-25-27-28-29-30-32-34-36-38-40-42-44-46-49-52-53(50-47-12-9-6-3)51-48-45-43-41-39-37-35-33-31-26-24-22-20-18-16-14-11-8-5-2/h53H,3-52H2,1-2H3. The van der Waals surface area contributed by atoms with Crippen molar-refractivity contribution >= 4 is 0 Å². The normalized spacial score (nSPS) is 12.3. The van der Waals surface area contributed by atoms with Crippen molar-refractivity contribution in [3.8, 4) is 0 Å². The minimum atomic E-state index is 1.01. The van der Waals surface area contributed by atoms with Crippen LogP contribution in [-0.4, -0.2) is 0 Å². The van der Waals surface area contributed by atoms with Gasteiger partial charge in [0.2, 0.25) is 0 Å². The summed E-state index contributed by atoms with van der Waals surface area (Å²) < 4.78 is 0. The SMILES string of the molecule is [CH2]CCCCCC(CCCCCCCCCCCCCCCCCCCCC)CCCCCCCCCCCCCCCCCCCCCCCCC. The highest BCUT2D eigenvalue weighted by molar-refractivity contribution is 4.63. The van der Waals surface area contributed by atoms with Crippen molar-refractivity contribution in [2.45, 2.75) is 328 Å². The fourth-order valence-electron chi connectivity index (χ4n) is 8.95. The highest BCUT2D eigenvalue weighted by Gasteiger charge is 2.09. The van der Waals surface area contributed by atoms with Crippen molar-refractivity contribution in [3.63, 3.8) is 0 Å². The van der Waals surface area contributed by atoms with Gasteiger partial charge in [-0.25, -0.2) is 0 Å². The molecule has 0 amide bonds. The summed E-state index contributed by atoms with van der Waals surface area (Å²) in [6.07, 6.45) is 72.1. The summed E-state index contributed by atoms with van der Waals surface area (Å²) in [4.78, 5) is 0. The predicted octanol–water partition coefficient (Wildman–Crippen LogP) is 20.6. The summed E-state index contributed by atoms with van der Waals surface area (Å²) in [7, 11) is 0. The summed E-state index contributed by atoms with van der Waals surface area (Å²) in [5, 5.41) is 0. The van der Waals surface area contributed by atoms with E-state index in [9.17, 15) is 0 Å². The summed E-state index contributed by atoms with van der Waals surface area (Å²) >= 11 is 0. The predicted molar refractivity (Wildman–Crippen MR) is 246 cm³/mol. The van der Waals surface area contributed by atoms with Crippen LogP contribution in [-0.2, 0) is 0 Å². The van der Waals surface area contributed by atoms with E-state index in [1.165, 1.54) is 308 Å². The zero-order valence-corrected chi connectivity index (χ0v) is 37.9. The smallest absolute Gasteiger partial charge is 0.0414 e. The van der Waals surface area contributed by atoms with Crippen LogP contribution in [0.15, 0.2) is 0 Å². The molecule has 319 valence electrons. The van der Waals surface area contributed by atoms with Crippen LogP contribution in [0.3, 0.4) is 0 Å². The first-order chi connectivity index (χ1) is 26.3. The van der Waals surface area contributed by atoms with E-state index in [4.69, 9.17) is 0 Å². The Bertz CT molecular complexity index is 593. The molecule has 0 N–H and O–H groups in total. The van der Waals surface area contributed by atoms with Gasteiger partial charge in [0.05, 0.1) is 0 Å². The Labute approximate surface area is 340 Å². The minimum Gasteiger partial charge on any atom is -0.0654 e. The first-order valence-electron chi connectivity index (χ1n) is 26.1. The van der Waals surface area contributed by atoms with Gasteiger partial charge in [-0.15, -0.1) is 0 Å². The number of hydrogen-bond acceptors (Lipinski definition) is 0. The van der Waals surface area contributed by atoms with E-state index >= 15 is 0 Å². The first-order valence-corrected chi connectivity index (χ1v) is 26.1. The quantitative estimate of drug-likeness (QED) is 0.0544. The fraction of sp³-hybridized carbons (Fsp3) is 0.981. The van der Waals surface area contributed by atoms with Crippen LogP contribution in [0.5, 0.6) is 0 Å². The molecule has 0 saturated carbocycles. The summed E-state index contributed by atoms with van der Waals surface area (Å²) in [5.41, 5.74) is 0. The second-order valence-electron chi connectivity index (χ2n) is 18.3. The lowest BCUT2D eigenvalue weighted by atomic mass is 9.89. The van der Waals surface area contributed by atoms with Gasteiger partial charge in [0.25, 0.3) is 0 Å². The Balaban J connectivity index is 3.53. The monoisotopic (exact) mass is 744 g/mol. The van der Waals surface area contributed by atoms with Crippen LogP contribution in [0, 0.1) is 12.8 Å². The van der Waals surface area contributed by atoms with Crippen LogP contribution in [0.2, 0.25) is 0 Å². The largest absolute Gasteiger partial charge is 0.0654 e. The van der Waals surface area contributed by atoms with Crippen molar-refractivity contribution in [2.75, 3.05) is 0 Å². The molecule has 1 atom stereocenters. The molecule has 0 heteroatoms. The molecule has 0 saturated heterocycles. The van der Waals surface area contributed by atoms with Gasteiger partial charge in [-0.2, -0.15) is 0 Å². The van der Waals surface area contributed by atoms with Crippen LogP contribution < -0.4 is 0 Å². The highest BCUT2D eigenvalue weighted by atomic mass is 14.1. The van der Waals surface area contributed by atoms with E-state index in [-0.39, 0.29) is 0 Å². The Morgan fingerprint density at radius 1 is 0.208 bits per heavy atom. The average Bonchev–Trinajstić information content (AvgIpc) is 3.17. The minimum absolute atomic E-state index is 1.01. The molecular formula is C53H107. The number of unbranched alkanes of at least 4 members (excludes halogenated alkanes) is 43. The molecule has 0 spiro atoms. The van der Waals surface area contributed by atoms with E-state index < -0.39 is 0 Å². The number of hydrogen-bond donors (Lipinski definition) is 0. The molecule has 1 unspecified atom stereocenters. The van der Waals surface area contributed by atoms with Crippen molar-refractivity contribution in [1.29, 1.82) is 0 Å². The van der Waals surface area contributed by atoms with E-state index in [1.54, 1.807) is 0 Å². The third kappa shape index (κ3) is 48.1. The molecule has 0 aromatic rings. The zero-order valence-electron chi connectivity index (χ0n) is 37.9. The molecule has 0 aliphatic carbocycles. The lowest BCUT2D eigenvalue weighted by molar-refractivity contribution is 0.366. The maximum atomic E-state index is 4.07. The summed E-state index contributed by atoms with van der Waals surface area (Å²) in [6, 6.07) is 0. The third-order valence-corrected chi connectivity index (χ3v) is 12.8. The topological polar surface area (TPSA) is 0 Å². The molecule has 0 heterocycles. The molecule has 0 fully saturated rings. The molecule has 0 rings (SSSR count). The maximum Gasteiger partial charge on any atom is -0.0414 e. The number of rotatable bonds is 49. The van der Waals surface area contributed by atoms with Crippen LogP contribution in [0.1, 0.15) is 328 Å². The van der Waals surface area contributed by atoms with E-state index in [0.29, 0.717) is 0 Å². The van der Waals surface area contributed by atoms with Crippen molar-refractivity contribution in [3.05, 3.63) is 6.92 Å². The fourth-order valence-corrected chi connectivity index (χ4v) is 8.95. The van der Waals surface area contributed by atoms with Gasteiger partial charge in [0, 0.05) is 0 Å². The van der Waals surface area contributed by atoms with Gasteiger partial charge in [-0.3, -0.25) is 0 Å². The average molecular weight is 744 g/mol. The van der Waals surface area contributed by atoms with Crippen LogP contribution >= 0.6 is 0 Å². The van der Waals surface area contributed by atoms with Gasteiger partial charge in [-0.05, 0) is 5.92 Å². The summed E-state index contributed by atoms with van der Waals surface area (Å²) in [6.45, 7) is 8.70. The van der Waals surface area contributed by atoms with E-state index in [0.717, 1.165) is 12.3 Å². The van der Waals surface area contributed by atoms with E-state index in [1.807, 2.05) is 0 Å². The molecule has 0 bridgehead atoms. The van der Waals surface area contributed by atoms with Crippen molar-refractivity contribution in [2.24, 2.45) is 5.92 Å². The molecular weight excluding hydrogens is 637 g/mol. The van der Waals surface area contributed by atoms with Gasteiger partial charge >= 0.3 is 0 Å². The summed E-state index contributed by atoms with van der Waals surface area (Å²) in [5.74, 6) is 1.01. The Morgan fingerprint density at radius 3 is 0.528 bits per heavy atom. The van der Waals surface area contributed by atoms with Gasteiger partial charge < -0.3 is 0 Å². The molecule has 0 aromatic carbocycles. The van der Waals surface area contributed by atoms with Gasteiger partial charge in [-0.1, -0.05) is 335 Å². The van der Waals surface area contributed by atoms with E-state index in [2.05, 4.69) is 20.8 Å². The molecule has 1 radical (unpaired) electrons. The first kappa shape index (κ1) is 53.0. The molecule has 0 aliphatic heterocycles. The Kier molecular flexibility index (Phi) is 50.0.